The number of amides is 1. The summed E-state index contributed by atoms with van der Waals surface area (Å²) in [5.74, 6) is -0.266. The van der Waals surface area contributed by atoms with E-state index < -0.39 is 0 Å². The predicted molar refractivity (Wildman–Crippen MR) is 72.1 cm³/mol. The highest BCUT2D eigenvalue weighted by atomic mass is 16.3. The van der Waals surface area contributed by atoms with Crippen molar-refractivity contribution in [3.05, 3.63) is 33.7 Å². The van der Waals surface area contributed by atoms with Crippen LogP contribution in [0.4, 0.5) is 0 Å². The van der Waals surface area contributed by atoms with Crippen LogP contribution in [0.15, 0.2) is 17.1 Å². The van der Waals surface area contributed by atoms with E-state index in [-0.39, 0.29) is 29.1 Å². The van der Waals surface area contributed by atoms with Crippen molar-refractivity contribution >= 4 is 5.91 Å². The average molecular weight is 264 g/mol. The Morgan fingerprint density at radius 1 is 1.47 bits per heavy atom. The number of aliphatic hydroxyl groups excluding tert-OH is 1. The number of H-pyrrole nitrogens is 1. The summed E-state index contributed by atoms with van der Waals surface area (Å²) in [5, 5.41) is 12.6. The molecule has 0 saturated heterocycles. The third-order valence-electron chi connectivity index (χ3n) is 3.79. The SMILES string of the molecule is Cc1cc[nH]c(=O)c1C(=O)NCC1CCCCC1O. The van der Waals surface area contributed by atoms with Crippen LogP contribution in [-0.4, -0.2) is 28.6 Å². The molecule has 1 aromatic rings. The number of carbonyl (C=O) groups excluding carboxylic acids is 1. The van der Waals surface area contributed by atoms with Crippen LogP contribution in [0.5, 0.6) is 0 Å². The normalized spacial score (nSPS) is 23.1. The summed E-state index contributed by atoms with van der Waals surface area (Å²) in [6, 6.07) is 1.70. The maximum Gasteiger partial charge on any atom is 0.261 e. The molecule has 1 aliphatic rings. The van der Waals surface area contributed by atoms with Gasteiger partial charge >= 0.3 is 0 Å². The molecular weight excluding hydrogens is 244 g/mol. The molecule has 2 unspecified atom stereocenters. The zero-order valence-corrected chi connectivity index (χ0v) is 11.1. The Labute approximate surface area is 112 Å². The fourth-order valence-corrected chi connectivity index (χ4v) is 2.60. The predicted octanol–water partition coefficient (Wildman–Crippen LogP) is 0.964. The molecule has 1 aliphatic carbocycles. The molecule has 5 nitrogen and oxygen atoms in total. The van der Waals surface area contributed by atoms with Crippen molar-refractivity contribution in [3.63, 3.8) is 0 Å². The van der Waals surface area contributed by atoms with Crippen LogP contribution in [-0.2, 0) is 0 Å². The summed E-state index contributed by atoms with van der Waals surface area (Å²) in [6.07, 6.45) is 5.03. The van der Waals surface area contributed by atoms with Gasteiger partial charge in [-0.25, -0.2) is 0 Å². The molecule has 2 rings (SSSR count). The Morgan fingerprint density at radius 2 is 2.21 bits per heavy atom. The first kappa shape index (κ1) is 13.8. The highest BCUT2D eigenvalue weighted by molar-refractivity contribution is 5.95. The molecule has 1 aromatic heterocycles. The maximum absolute atomic E-state index is 12.0. The molecule has 2 atom stereocenters. The molecule has 19 heavy (non-hydrogen) atoms. The van der Waals surface area contributed by atoms with Crippen LogP contribution in [0.2, 0.25) is 0 Å². The molecule has 1 fully saturated rings. The first-order chi connectivity index (χ1) is 9.09. The molecule has 1 heterocycles. The van der Waals surface area contributed by atoms with Gasteiger partial charge in [0.15, 0.2) is 0 Å². The highest BCUT2D eigenvalue weighted by Gasteiger charge is 2.24. The number of aromatic nitrogens is 1. The summed E-state index contributed by atoms with van der Waals surface area (Å²) in [7, 11) is 0. The van der Waals surface area contributed by atoms with Gasteiger partial charge in [-0.05, 0) is 31.4 Å². The average Bonchev–Trinajstić information content (AvgIpc) is 2.37. The Hall–Kier alpha value is -1.62. The number of aliphatic hydroxyl groups is 1. The summed E-state index contributed by atoms with van der Waals surface area (Å²) < 4.78 is 0. The van der Waals surface area contributed by atoms with Gasteiger partial charge in [-0.15, -0.1) is 0 Å². The number of aromatic amines is 1. The van der Waals surface area contributed by atoms with E-state index in [1.807, 2.05) is 0 Å². The van der Waals surface area contributed by atoms with Crippen molar-refractivity contribution in [1.82, 2.24) is 10.3 Å². The lowest BCUT2D eigenvalue weighted by Gasteiger charge is -2.27. The van der Waals surface area contributed by atoms with E-state index >= 15 is 0 Å². The smallest absolute Gasteiger partial charge is 0.261 e. The van der Waals surface area contributed by atoms with E-state index in [0.717, 1.165) is 25.7 Å². The molecular formula is C14H20N2O3. The second-order valence-corrected chi connectivity index (χ2v) is 5.19. The van der Waals surface area contributed by atoms with Crippen molar-refractivity contribution in [2.24, 2.45) is 5.92 Å². The topological polar surface area (TPSA) is 82.2 Å². The number of hydrogen-bond acceptors (Lipinski definition) is 3. The molecule has 1 saturated carbocycles. The molecule has 0 radical (unpaired) electrons. The molecule has 0 aromatic carbocycles. The quantitative estimate of drug-likeness (QED) is 0.760. The van der Waals surface area contributed by atoms with Gasteiger partial charge in [-0.2, -0.15) is 0 Å². The van der Waals surface area contributed by atoms with Crippen molar-refractivity contribution in [3.8, 4) is 0 Å². The van der Waals surface area contributed by atoms with Crippen molar-refractivity contribution in [1.29, 1.82) is 0 Å². The number of pyridine rings is 1. The van der Waals surface area contributed by atoms with Gasteiger partial charge in [0.2, 0.25) is 0 Å². The summed E-state index contributed by atoms with van der Waals surface area (Å²) in [4.78, 5) is 26.2. The van der Waals surface area contributed by atoms with Crippen LogP contribution >= 0.6 is 0 Å². The second-order valence-electron chi connectivity index (χ2n) is 5.19. The van der Waals surface area contributed by atoms with E-state index in [1.165, 1.54) is 6.20 Å². The number of nitrogens with one attached hydrogen (secondary N) is 2. The number of carbonyl (C=O) groups is 1. The lowest BCUT2D eigenvalue weighted by Crippen LogP contribution is -2.38. The Balaban J connectivity index is 2.00. The van der Waals surface area contributed by atoms with E-state index in [1.54, 1.807) is 13.0 Å². The summed E-state index contributed by atoms with van der Waals surface area (Å²) >= 11 is 0. The summed E-state index contributed by atoms with van der Waals surface area (Å²) in [5.41, 5.74) is 0.444. The lowest BCUT2D eigenvalue weighted by molar-refractivity contribution is 0.0662. The second kappa shape index (κ2) is 6.02. The molecule has 3 N–H and O–H groups in total. The first-order valence-corrected chi connectivity index (χ1v) is 6.74. The molecule has 1 amide bonds. The minimum absolute atomic E-state index is 0.0980. The standard InChI is InChI=1S/C14H20N2O3/c1-9-6-7-15-13(18)12(9)14(19)16-8-10-4-2-3-5-11(10)17/h6-7,10-11,17H,2-5,8H2,1H3,(H,15,18)(H,16,19). The largest absolute Gasteiger partial charge is 0.393 e. The van der Waals surface area contributed by atoms with Gasteiger partial charge in [0.05, 0.1) is 6.10 Å². The summed E-state index contributed by atoms with van der Waals surface area (Å²) in [6.45, 7) is 2.16. The van der Waals surface area contributed by atoms with Crippen LogP contribution in [0, 0.1) is 12.8 Å². The van der Waals surface area contributed by atoms with Gasteiger partial charge < -0.3 is 15.4 Å². The molecule has 104 valence electrons. The fraction of sp³-hybridized carbons (Fsp3) is 0.571. The minimum Gasteiger partial charge on any atom is -0.393 e. The van der Waals surface area contributed by atoms with E-state index in [9.17, 15) is 14.7 Å². The van der Waals surface area contributed by atoms with Crippen molar-refractivity contribution in [2.45, 2.75) is 38.7 Å². The highest BCUT2D eigenvalue weighted by Crippen LogP contribution is 2.23. The van der Waals surface area contributed by atoms with Gasteiger partial charge in [0, 0.05) is 18.7 Å². The van der Waals surface area contributed by atoms with Crippen molar-refractivity contribution < 1.29 is 9.90 Å². The zero-order valence-electron chi connectivity index (χ0n) is 11.1. The number of hydrogen-bond donors (Lipinski definition) is 3. The van der Waals surface area contributed by atoms with Crippen molar-refractivity contribution in [2.75, 3.05) is 6.54 Å². The van der Waals surface area contributed by atoms with Crippen LogP contribution in [0.1, 0.15) is 41.6 Å². The molecule has 0 spiro atoms. The van der Waals surface area contributed by atoms with Crippen LogP contribution in [0.3, 0.4) is 0 Å². The minimum atomic E-state index is -0.373. The Kier molecular flexibility index (Phi) is 4.37. The Morgan fingerprint density at radius 3 is 2.89 bits per heavy atom. The van der Waals surface area contributed by atoms with Crippen LogP contribution < -0.4 is 10.9 Å². The van der Waals surface area contributed by atoms with E-state index in [4.69, 9.17) is 0 Å². The third-order valence-corrected chi connectivity index (χ3v) is 3.79. The Bertz CT molecular complexity index is 510. The first-order valence-electron chi connectivity index (χ1n) is 6.74. The number of aryl methyl sites for hydroxylation is 1. The fourth-order valence-electron chi connectivity index (χ4n) is 2.60. The third kappa shape index (κ3) is 3.23. The van der Waals surface area contributed by atoms with Gasteiger partial charge in [0.25, 0.3) is 11.5 Å². The molecule has 0 bridgehead atoms. The van der Waals surface area contributed by atoms with Gasteiger partial charge in [-0.3, -0.25) is 9.59 Å². The van der Waals surface area contributed by atoms with E-state index in [2.05, 4.69) is 10.3 Å². The molecule has 0 aliphatic heterocycles. The van der Waals surface area contributed by atoms with Gasteiger partial charge in [0.1, 0.15) is 5.56 Å². The number of rotatable bonds is 3. The van der Waals surface area contributed by atoms with Gasteiger partial charge in [-0.1, -0.05) is 12.8 Å². The molecule has 5 heteroatoms. The lowest BCUT2D eigenvalue weighted by atomic mass is 9.86. The monoisotopic (exact) mass is 264 g/mol. The maximum atomic E-state index is 12.0. The van der Waals surface area contributed by atoms with Crippen LogP contribution in [0.25, 0.3) is 0 Å². The van der Waals surface area contributed by atoms with E-state index in [0.29, 0.717) is 12.1 Å². The zero-order chi connectivity index (χ0) is 13.8.